The highest BCUT2D eigenvalue weighted by Gasteiger charge is 2.04. The number of nitrogens with zero attached hydrogens (tertiary/aromatic N) is 1. The van der Waals surface area contributed by atoms with Gasteiger partial charge >= 0.3 is 0 Å². The normalized spacial score (nSPS) is 12.5. The van der Waals surface area contributed by atoms with Crippen LogP contribution in [0.5, 0.6) is 0 Å². The van der Waals surface area contributed by atoms with Crippen LogP contribution in [0.1, 0.15) is 6.92 Å². The lowest BCUT2D eigenvalue weighted by molar-refractivity contribution is 1.12. The Morgan fingerprint density at radius 1 is 1.75 bits per heavy atom. The monoisotopic (exact) mass is 199 g/mol. The predicted octanol–water partition coefficient (Wildman–Crippen LogP) is 3.40. The maximum absolute atomic E-state index is 5.91. The molecule has 1 aromatic heterocycles. The molecule has 0 amide bonds. The van der Waals surface area contributed by atoms with Crippen LogP contribution < -0.4 is 0 Å². The Morgan fingerprint density at radius 2 is 2.50 bits per heavy atom. The first-order valence-corrected chi connectivity index (χ1v) is 4.89. The molecule has 0 spiro atoms. The number of thioether (sulfide) groups is 1. The Morgan fingerprint density at radius 3 is 3.08 bits per heavy atom. The first-order chi connectivity index (χ1) is 5.74. The van der Waals surface area contributed by atoms with E-state index in [4.69, 9.17) is 11.6 Å². The summed E-state index contributed by atoms with van der Waals surface area (Å²) in [6.07, 6.45) is 3.61. The molecule has 0 saturated heterocycles. The van der Waals surface area contributed by atoms with Crippen LogP contribution in [0.15, 0.2) is 36.0 Å². The van der Waals surface area contributed by atoms with Crippen LogP contribution >= 0.6 is 23.4 Å². The van der Waals surface area contributed by atoms with Gasteiger partial charge in [0.2, 0.25) is 0 Å². The minimum atomic E-state index is 0.345. The molecule has 0 aromatic carbocycles. The molecule has 0 aliphatic carbocycles. The van der Waals surface area contributed by atoms with Gasteiger partial charge in [0.15, 0.2) is 0 Å². The van der Waals surface area contributed by atoms with E-state index in [1.165, 1.54) is 0 Å². The minimum Gasteiger partial charge on any atom is -0.248 e. The lowest BCUT2D eigenvalue weighted by Gasteiger charge is -2.05. The molecule has 1 nitrogen and oxygen atoms in total. The third kappa shape index (κ3) is 2.54. The smallest absolute Gasteiger partial charge is 0.115 e. The zero-order valence-electron chi connectivity index (χ0n) is 6.83. The van der Waals surface area contributed by atoms with Crippen molar-refractivity contribution < 1.29 is 0 Å². The topological polar surface area (TPSA) is 12.9 Å². The highest BCUT2D eigenvalue weighted by molar-refractivity contribution is 8.00. The SMILES string of the molecule is C=CC(C)Sc1ncccc1Cl. The number of pyridine rings is 1. The zero-order valence-corrected chi connectivity index (χ0v) is 8.40. The summed E-state index contributed by atoms with van der Waals surface area (Å²) in [5.74, 6) is 0. The Kier molecular flexibility index (Phi) is 3.63. The van der Waals surface area contributed by atoms with E-state index >= 15 is 0 Å². The van der Waals surface area contributed by atoms with Crippen LogP contribution in [0.2, 0.25) is 5.02 Å². The summed E-state index contributed by atoms with van der Waals surface area (Å²) in [5, 5.41) is 1.92. The Labute approximate surface area is 81.8 Å². The summed E-state index contributed by atoms with van der Waals surface area (Å²) in [6.45, 7) is 5.75. The van der Waals surface area contributed by atoms with E-state index in [1.807, 2.05) is 18.2 Å². The Hall–Kier alpha value is -0.470. The maximum Gasteiger partial charge on any atom is 0.115 e. The molecule has 1 rings (SSSR count). The average molecular weight is 200 g/mol. The molecule has 0 aliphatic rings. The lowest BCUT2D eigenvalue weighted by atomic mass is 10.5. The third-order valence-electron chi connectivity index (χ3n) is 1.35. The number of hydrogen-bond acceptors (Lipinski definition) is 2. The van der Waals surface area contributed by atoms with Crippen LogP contribution in [0.4, 0.5) is 0 Å². The summed E-state index contributed by atoms with van der Waals surface area (Å²) in [7, 11) is 0. The van der Waals surface area contributed by atoms with Gasteiger partial charge in [-0.2, -0.15) is 0 Å². The van der Waals surface area contributed by atoms with Gasteiger partial charge in [0.05, 0.1) is 5.02 Å². The molecule has 1 heterocycles. The summed E-state index contributed by atoms with van der Waals surface area (Å²) in [5.41, 5.74) is 0. The van der Waals surface area contributed by atoms with Gasteiger partial charge in [-0.3, -0.25) is 0 Å². The van der Waals surface area contributed by atoms with Crippen LogP contribution in [-0.4, -0.2) is 10.2 Å². The number of aromatic nitrogens is 1. The average Bonchev–Trinajstić information content (AvgIpc) is 2.09. The highest BCUT2D eigenvalue weighted by Crippen LogP contribution is 2.27. The first kappa shape index (κ1) is 9.62. The van der Waals surface area contributed by atoms with Crippen molar-refractivity contribution in [2.24, 2.45) is 0 Å². The zero-order chi connectivity index (χ0) is 8.97. The van der Waals surface area contributed by atoms with E-state index in [9.17, 15) is 0 Å². The van der Waals surface area contributed by atoms with Crippen LogP contribution in [0.25, 0.3) is 0 Å². The molecule has 0 bridgehead atoms. The summed E-state index contributed by atoms with van der Waals surface area (Å²) < 4.78 is 0. The second-order valence-electron chi connectivity index (χ2n) is 2.35. The molecular formula is C9H10ClNS. The molecule has 0 aliphatic heterocycles. The first-order valence-electron chi connectivity index (χ1n) is 3.63. The number of hydrogen-bond donors (Lipinski definition) is 0. The van der Waals surface area contributed by atoms with Gasteiger partial charge < -0.3 is 0 Å². The molecule has 64 valence electrons. The summed E-state index contributed by atoms with van der Waals surface area (Å²) in [6, 6.07) is 3.66. The number of halogens is 1. The van der Waals surface area contributed by atoms with Crippen molar-refractivity contribution >= 4 is 23.4 Å². The fourth-order valence-electron chi connectivity index (χ4n) is 0.682. The molecule has 1 unspecified atom stereocenters. The second kappa shape index (κ2) is 4.53. The minimum absolute atomic E-state index is 0.345. The Bertz CT molecular complexity index is 275. The van der Waals surface area contributed by atoms with Crippen molar-refractivity contribution in [1.29, 1.82) is 0 Å². The fraction of sp³-hybridized carbons (Fsp3) is 0.222. The summed E-state index contributed by atoms with van der Waals surface area (Å²) in [4.78, 5) is 4.15. The van der Waals surface area contributed by atoms with Crippen molar-refractivity contribution in [3.8, 4) is 0 Å². The van der Waals surface area contributed by atoms with Gasteiger partial charge in [-0.1, -0.05) is 29.4 Å². The van der Waals surface area contributed by atoms with Gasteiger partial charge in [0.1, 0.15) is 5.03 Å². The molecule has 12 heavy (non-hydrogen) atoms. The van der Waals surface area contributed by atoms with E-state index < -0.39 is 0 Å². The van der Waals surface area contributed by atoms with Crippen molar-refractivity contribution in [3.63, 3.8) is 0 Å². The maximum atomic E-state index is 5.91. The second-order valence-corrected chi connectivity index (χ2v) is 4.12. The van der Waals surface area contributed by atoms with Gasteiger partial charge in [-0.15, -0.1) is 6.58 Å². The van der Waals surface area contributed by atoms with E-state index in [0.717, 1.165) is 5.03 Å². The molecule has 3 heteroatoms. The third-order valence-corrected chi connectivity index (χ3v) is 2.88. The van der Waals surface area contributed by atoms with E-state index in [2.05, 4.69) is 18.5 Å². The largest absolute Gasteiger partial charge is 0.248 e. The molecule has 0 fully saturated rings. The molecule has 0 radical (unpaired) electrons. The molecule has 1 atom stereocenters. The van der Waals surface area contributed by atoms with Gasteiger partial charge in [-0.25, -0.2) is 4.98 Å². The van der Waals surface area contributed by atoms with Crippen molar-refractivity contribution in [2.75, 3.05) is 0 Å². The van der Waals surface area contributed by atoms with Crippen LogP contribution in [0.3, 0.4) is 0 Å². The van der Waals surface area contributed by atoms with Crippen molar-refractivity contribution in [1.82, 2.24) is 4.98 Å². The van der Waals surface area contributed by atoms with Gasteiger partial charge in [-0.05, 0) is 19.1 Å². The van der Waals surface area contributed by atoms with Crippen molar-refractivity contribution in [2.45, 2.75) is 17.2 Å². The standard InChI is InChI=1S/C9H10ClNS/c1-3-7(2)12-9-8(10)5-4-6-11-9/h3-7H,1H2,2H3. The molecule has 0 N–H and O–H groups in total. The van der Waals surface area contributed by atoms with Crippen LogP contribution in [-0.2, 0) is 0 Å². The summed E-state index contributed by atoms with van der Waals surface area (Å²) >= 11 is 7.52. The van der Waals surface area contributed by atoms with E-state index in [0.29, 0.717) is 10.3 Å². The molecular weight excluding hydrogens is 190 g/mol. The van der Waals surface area contributed by atoms with Gasteiger partial charge in [0.25, 0.3) is 0 Å². The van der Waals surface area contributed by atoms with Crippen molar-refractivity contribution in [3.05, 3.63) is 36.0 Å². The lowest BCUT2D eigenvalue weighted by Crippen LogP contribution is -1.90. The van der Waals surface area contributed by atoms with Crippen LogP contribution in [0, 0.1) is 0 Å². The predicted molar refractivity (Wildman–Crippen MR) is 54.8 cm³/mol. The van der Waals surface area contributed by atoms with E-state index in [-0.39, 0.29) is 0 Å². The molecule has 0 saturated carbocycles. The fourth-order valence-corrected chi connectivity index (χ4v) is 1.69. The quantitative estimate of drug-likeness (QED) is 0.547. The molecule has 1 aromatic rings. The highest BCUT2D eigenvalue weighted by atomic mass is 35.5. The van der Waals surface area contributed by atoms with E-state index in [1.54, 1.807) is 18.0 Å². The Balaban J connectivity index is 2.75. The number of rotatable bonds is 3. The van der Waals surface area contributed by atoms with Gasteiger partial charge in [0, 0.05) is 11.4 Å².